The normalized spacial score (nSPS) is 11.8. The molecule has 0 aliphatic heterocycles. The third kappa shape index (κ3) is 5.93. The first-order valence-corrected chi connectivity index (χ1v) is 12.0. The Balaban J connectivity index is 1.59. The molecule has 3 aromatic rings. The Morgan fingerprint density at radius 1 is 0.967 bits per heavy atom. The maximum Gasteiger partial charge on any atom is 0.261 e. The highest BCUT2D eigenvalue weighted by Gasteiger charge is 2.17. The van der Waals surface area contributed by atoms with E-state index in [0.717, 1.165) is 16.0 Å². The van der Waals surface area contributed by atoms with E-state index in [2.05, 4.69) is 30.8 Å². The molecule has 0 saturated carbocycles. The second-order valence-electron chi connectivity index (χ2n) is 8.11. The smallest absolute Gasteiger partial charge is 0.261 e. The van der Waals surface area contributed by atoms with Gasteiger partial charge in [0.15, 0.2) is 0 Å². The van der Waals surface area contributed by atoms with Gasteiger partial charge in [0, 0.05) is 10.6 Å². The number of hydrogen-bond acceptors (Lipinski definition) is 4. The Morgan fingerprint density at radius 3 is 2.20 bits per heavy atom. The van der Waals surface area contributed by atoms with Gasteiger partial charge in [0.1, 0.15) is 0 Å². The van der Waals surface area contributed by atoms with Crippen molar-refractivity contribution in [3.05, 3.63) is 82.0 Å². The van der Waals surface area contributed by atoms with Gasteiger partial charge in [-0.15, -0.1) is 11.3 Å². The minimum Gasteiger partial charge on any atom is -0.351 e. The van der Waals surface area contributed by atoms with Gasteiger partial charge in [0.2, 0.25) is 5.91 Å². The van der Waals surface area contributed by atoms with Crippen molar-refractivity contribution in [2.45, 2.75) is 44.0 Å². The number of benzene rings is 2. The van der Waals surface area contributed by atoms with Crippen molar-refractivity contribution >= 4 is 33.0 Å². The quantitative estimate of drug-likeness (QED) is 0.557. The second kappa shape index (κ2) is 9.02. The molecule has 158 valence electrons. The van der Waals surface area contributed by atoms with Crippen LogP contribution in [0.3, 0.4) is 0 Å². The molecule has 5 nitrogen and oxygen atoms in total. The molecular weight excluding hydrogens is 416 g/mol. The lowest BCUT2D eigenvalue weighted by Gasteiger charge is -2.19. The zero-order valence-electron chi connectivity index (χ0n) is 17.3. The van der Waals surface area contributed by atoms with E-state index in [-0.39, 0.29) is 22.6 Å². The molecule has 1 heterocycles. The largest absolute Gasteiger partial charge is 0.351 e. The summed E-state index contributed by atoms with van der Waals surface area (Å²) in [5, 5.41) is 4.86. The maximum atomic E-state index is 12.6. The highest BCUT2D eigenvalue weighted by molar-refractivity contribution is 7.92. The van der Waals surface area contributed by atoms with E-state index in [1.807, 2.05) is 29.6 Å². The molecule has 1 aromatic heterocycles. The van der Waals surface area contributed by atoms with Crippen LogP contribution in [0.5, 0.6) is 0 Å². The Kier molecular flexibility index (Phi) is 6.63. The van der Waals surface area contributed by atoms with E-state index in [1.165, 1.54) is 0 Å². The SMILES string of the molecule is CC(C)(C)c1ccc(S(=O)(=O)Nc2ccc(CC(=O)NCc3cccs3)cc2)cc1. The highest BCUT2D eigenvalue weighted by Crippen LogP contribution is 2.24. The van der Waals surface area contributed by atoms with E-state index < -0.39 is 10.0 Å². The van der Waals surface area contributed by atoms with Gasteiger partial charge in [-0.25, -0.2) is 8.42 Å². The summed E-state index contributed by atoms with van der Waals surface area (Å²) >= 11 is 1.60. The van der Waals surface area contributed by atoms with Crippen molar-refractivity contribution in [1.29, 1.82) is 0 Å². The van der Waals surface area contributed by atoms with E-state index >= 15 is 0 Å². The Hall–Kier alpha value is -2.64. The van der Waals surface area contributed by atoms with Crippen LogP contribution in [0.4, 0.5) is 5.69 Å². The van der Waals surface area contributed by atoms with Crippen molar-refractivity contribution in [3.63, 3.8) is 0 Å². The molecule has 0 fully saturated rings. The molecule has 0 radical (unpaired) electrons. The van der Waals surface area contributed by atoms with Gasteiger partial charge < -0.3 is 5.32 Å². The lowest BCUT2D eigenvalue weighted by Crippen LogP contribution is -2.24. The van der Waals surface area contributed by atoms with Gasteiger partial charge in [0.25, 0.3) is 10.0 Å². The third-order valence-electron chi connectivity index (χ3n) is 4.64. The minimum atomic E-state index is -3.67. The summed E-state index contributed by atoms with van der Waals surface area (Å²) in [4.78, 5) is 13.4. The van der Waals surface area contributed by atoms with Crippen molar-refractivity contribution in [2.75, 3.05) is 4.72 Å². The molecule has 0 aliphatic carbocycles. The van der Waals surface area contributed by atoms with Crippen molar-refractivity contribution in [3.8, 4) is 0 Å². The maximum absolute atomic E-state index is 12.6. The number of thiophene rings is 1. The van der Waals surface area contributed by atoms with E-state index in [0.29, 0.717) is 12.2 Å². The monoisotopic (exact) mass is 442 g/mol. The van der Waals surface area contributed by atoms with Gasteiger partial charge >= 0.3 is 0 Å². The molecule has 30 heavy (non-hydrogen) atoms. The fourth-order valence-electron chi connectivity index (χ4n) is 2.89. The summed E-state index contributed by atoms with van der Waals surface area (Å²) in [6.07, 6.45) is 0.243. The lowest BCUT2D eigenvalue weighted by atomic mass is 9.87. The van der Waals surface area contributed by atoms with Crippen LogP contribution in [-0.4, -0.2) is 14.3 Å². The molecule has 2 N–H and O–H groups in total. The van der Waals surface area contributed by atoms with Crippen LogP contribution in [0.15, 0.2) is 70.9 Å². The second-order valence-corrected chi connectivity index (χ2v) is 10.8. The first-order chi connectivity index (χ1) is 14.1. The summed E-state index contributed by atoms with van der Waals surface area (Å²) in [7, 11) is -3.67. The number of carbonyl (C=O) groups excluding carboxylic acids is 1. The molecule has 0 bridgehead atoms. The lowest BCUT2D eigenvalue weighted by molar-refractivity contribution is -0.120. The summed E-state index contributed by atoms with van der Waals surface area (Å²) in [5.41, 5.74) is 2.30. The molecule has 1 amide bonds. The topological polar surface area (TPSA) is 75.3 Å². The van der Waals surface area contributed by atoms with Gasteiger partial charge in [-0.2, -0.15) is 0 Å². The number of amides is 1. The van der Waals surface area contributed by atoms with Crippen LogP contribution in [0.25, 0.3) is 0 Å². The molecular formula is C23H26N2O3S2. The molecule has 0 saturated heterocycles. The predicted molar refractivity (Wildman–Crippen MR) is 122 cm³/mol. The Bertz CT molecular complexity index is 1080. The van der Waals surface area contributed by atoms with Crippen LogP contribution in [0.1, 0.15) is 36.8 Å². The molecule has 7 heteroatoms. The van der Waals surface area contributed by atoms with E-state index in [1.54, 1.807) is 47.7 Å². The van der Waals surface area contributed by atoms with Crippen LogP contribution >= 0.6 is 11.3 Å². The number of sulfonamides is 1. The van der Waals surface area contributed by atoms with E-state index in [4.69, 9.17) is 0 Å². The first-order valence-electron chi connectivity index (χ1n) is 9.65. The summed E-state index contributed by atoms with van der Waals surface area (Å²) in [6.45, 7) is 6.76. The summed E-state index contributed by atoms with van der Waals surface area (Å²) < 4.78 is 27.9. The zero-order valence-corrected chi connectivity index (χ0v) is 18.9. The van der Waals surface area contributed by atoms with Crippen LogP contribution < -0.4 is 10.0 Å². The van der Waals surface area contributed by atoms with Crippen molar-refractivity contribution in [1.82, 2.24) is 5.32 Å². The van der Waals surface area contributed by atoms with Gasteiger partial charge in [0.05, 0.1) is 17.9 Å². The molecule has 0 aliphatic rings. The number of hydrogen-bond donors (Lipinski definition) is 2. The fraction of sp³-hybridized carbons (Fsp3) is 0.261. The number of anilines is 1. The number of carbonyl (C=O) groups is 1. The Labute approximate surface area is 182 Å². The minimum absolute atomic E-state index is 0.0401. The molecule has 0 atom stereocenters. The molecule has 0 spiro atoms. The average molecular weight is 443 g/mol. The number of rotatable bonds is 7. The van der Waals surface area contributed by atoms with E-state index in [9.17, 15) is 13.2 Å². The zero-order chi connectivity index (χ0) is 21.8. The predicted octanol–water partition coefficient (Wildman–Crippen LogP) is 4.71. The van der Waals surface area contributed by atoms with Gasteiger partial charge in [-0.05, 0) is 52.3 Å². The molecule has 0 unspecified atom stereocenters. The van der Waals surface area contributed by atoms with Gasteiger partial charge in [-0.3, -0.25) is 9.52 Å². The van der Waals surface area contributed by atoms with Crippen LogP contribution in [0, 0.1) is 0 Å². The van der Waals surface area contributed by atoms with Crippen molar-refractivity contribution in [2.24, 2.45) is 0 Å². The fourth-order valence-corrected chi connectivity index (χ4v) is 4.59. The summed E-state index contributed by atoms with van der Waals surface area (Å²) in [6, 6.07) is 17.7. The summed E-state index contributed by atoms with van der Waals surface area (Å²) in [5.74, 6) is -0.0735. The number of nitrogens with one attached hydrogen (secondary N) is 2. The van der Waals surface area contributed by atoms with Crippen LogP contribution in [0.2, 0.25) is 0 Å². The third-order valence-corrected chi connectivity index (χ3v) is 6.91. The average Bonchev–Trinajstić information content (AvgIpc) is 3.21. The standard InChI is InChI=1S/C23H26N2O3S2/c1-23(2,3)18-8-12-21(13-9-18)30(27,28)25-19-10-6-17(7-11-19)15-22(26)24-16-20-5-4-14-29-20/h4-14,25H,15-16H2,1-3H3,(H,24,26). The first kappa shape index (κ1) is 22.1. The Morgan fingerprint density at radius 2 is 1.63 bits per heavy atom. The molecule has 3 rings (SSSR count). The van der Waals surface area contributed by atoms with Crippen molar-refractivity contribution < 1.29 is 13.2 Å². The molecule has 2 aromatic carbocycles. The van der Waals surface area contributed by atoms with Gasteiger partial charge in [-0.1, -0.05) is 51.1 Å². The van der Waals surface area contributed by atoms with Crippen LogP contribution in [-0.2, 0) is 33.2 Å². The highest BCUT2D eigenvalue weighted by atomic mass is 32.2.